The van der Waals surface area contributed by atoms with Crippen molar-refractivity contribution in [2.45, 2.75) is 26.3 Å². The molecule has 0 saturated heterocycles. The number of aromatic carboxylic acids is 1. The van der Waals surface area contributed by atoms with E-state index in [0.717, 1.165) is 12.8 Å². The number of aromatic nitrogens is 4. The van der Waals surface area contributed by atoms with Gasteiger partial charge in [-0.15, -0.1) is 0 Å². The van der Waals surface area contributed by atoms with Crippen molar-refractivity contribution >= 4 is 5.97 Å². The molecule has 1 N–H and O–H groups in total. The summed E-state index contributed by atoms with van der Waals surface area (Å²) >= 11 is 0. The molecule has 3 aromatic rings. The number of hydrogen-bond acceptors (Lipinski definition) is 6. The van der Waals surface area contributed by atoms with Crippen LogP contribution in [-0.4, -0.2) is 37.7 Å². The van der Waals surface area contributed by atoms with Crippen LogP contribution in [-0.2, 0) is 6.54 Å². The first-order valence-electron chi connectivity index (χ1n) is 9.11. The van der Waals surface area contributed by atoms with Crippen molar-refractivity contribution in [1.29, 1.82) is 0 Å². The van der Waals surface area contributed by atoms with Crippen LogP contribution in [0.2, 0.25) is 0 Å². The quantitative estimate of drug-likeness (QED) is 0.648. The lowest BCUT2D eigenvalue weighted by atomic mass is 10.3. The predicted molar refractivity (Wildman–Crippen MR) is 101 cm³/mol. The summed E-state index contributed by atoms with van der Waals surface area (Å²) in [5.74, 6) is -0.669. The van der Waals surface area contributed by atoms with Gasteiger partial charge in [0.1, 0.15) is 5.69 Å². The number of carboxylic acid groups (broad SMARTS) is 1. The van der Waals surface area contributed by atoms with Crippen LogP contribution < -0.4 is 9.47 Å². The molecule has 0 radical (unpaired) electrons. The maximum atomic E-state index is 14.2. The number of nitrogens with zero attached hydrogens (tertiary/aromatic N) is 4. The third kappa shape index (κ3) is 3.75. The molecule has 0 spiro atoms. The van der Waals surface area contributed by atoms with Crippen molar-refractivity contribution in [1.82, 2.24) is 19.5 Å². The number of hydrogen-bond donors (Lipinski definition) is 1. The second-order valence-electron chi connectivity index (χ2n) is 6.84. The zero-order valence-corrected chi connectivity index (χ0v) is 15.9. The topological polar surface area (TPSA) is 99.4 Å². The van der Waals surface area contributed by atoms with E-state index in [0.29, 0.717) is 29.7 Å². The molecule has 0 aliphatic heterocycles. The van der Waals surface area contributed by atoms with E-state index in [1.54, 1.807) is 17.6 Å². The number of imidazole rings is 1. The Bertz CT molecular complexity index is 1080. The molecule has 4 rings (SSSR count). The van der Waals surface area contributed by atoms with Gasteiger partial charge in [-0.25, -0.2) is 19.2 Å². The van der Waals surface area contributed by atoms with E-state index < -0.39 is 11.8 Å². The Morgan fingerprint density at radius 3 is 2.79 bits per heavy atom. The van der Waals surface area contributed by atoms with Crippen molar-refractivity contribution in [2.75, 3.05) is 7.11 Å². The number of methoxy groups -OCH3 is 1. The van der Waals surface area contributed by atoms with Gasteiger partial charge in [0.15, 0.2) is 23.1 Å². The monoisotopic (exact) mass is 398 g/mol. The third-order valence-corrected chi connectivity index (χ3v) is 4.68. The van der Waals surface area contributed by atoms with Crippen LogP contribution in [0.1, 0.15) is 29.0 Å². The van der Waals surface area contributed by atoms with Gasteiger partial charge in [-0.2, -0.15) is 0 Å². The minimum Gasteiger partial charge on any atom is -0.493 e. The molecule has 2 heterocycles. The van der Waals surface area contributed by atoms with E-state index in [-0.39, 0.29) is 23.1 Å². The predicted octanol–water partition coefficient (Wildman–Crippen LogP) is 3.70. The summed E-state index contributed by atoms with van der Waals surface area (Å²) in [4.78, 5) is 24.6. The maximum Gasteiger partial charge on any atom is 0.354 e. The SMILES string of the molecule is COc1cccc(F)c1Oc1cncc(-c2nc(C)c(C(=O)O)n2CC2CC2)n1. The molecule has 29 heavy (non-hydrogen) atoms. The Morgan fingerprint density at radius 1 is 1.31 bits per heavy atom. The molecule has 0 atom stereocenters. The van der Waals surface area contributed by atoms with Crippen molar-refractivity contribution in [3.63, 3.8) is 0 Å². The van der Waals surface area contributed by atoms with Gasteiger partial charge in [-0.05, 0) is 37.8 Å². The van der Waals surface area contributed by atoms with Gasteiger partial charge in [0.2, 0.25) is 11.6 Å². The second-order valence-corrected chi connectivity index (χ2v) is 6.84. The molecule has 150 valence electrons. The normalized spacial score (nSPS) is 13.3. The zero-order chi connectivity index (χ0) is 20.5. The minimum atomic E-state index is -1.04. The van der Waals surface area contributed by atoms with E-state index in [4.69, 9.17) is 9.47 Å². The molecule has 1 aliphatic rings. The highest BCUT2D eigenvalue weighted by atomic mass is 19.1. The van der Waals surface area contributed by atoms with Crippen molar-refractivity contribution in [3.8, 4) is 28.9 Å². The van der Waals surface area contributed by atoms with Crippen LogP contribution in [0, 0.1) is 18.7 Å². The van der Waals surface area contributed by atoms with E-state index in [1.807, 2.05) is 0 Å². The number of halogens is 1. The van der Waals surface area contributed by atoms with E-state index in [2.05, 4.69) is 15.0 Å². The maximum absolute atomic E-state index is 14.2. The highest BCUT2D eigenvalue weighted by Gasteiger charge is 2.28. The fourth-order valence-corrected chi connectivity index (χ4v) is 3.13. The third-order valence-electron chi connectivity index (χ3n) is 4.68. The second kappa shape index (κ2) is 7.50. The van der Waals surface area contributed by atoms with Crippen LogP contribution >= 0.6 is 0 Å². The summed E-state index contributed by atoms with van der Waals surface area (Å²) < 4.78 is 26.5. The average molecular weight is 398 g/mol. The Balaban J connectivity index is 1.73. The standard InChI is InChI=1S/C20H19FN4O4/c1-11-17(20(26)27)25(10-12-6-7-12)19(23-11)14-8-22-9-16(24-14)29-18-13(21)4-3-5-15(18)28-2/h3-5,8-9,12H,6-7,10H2,1-2H3,(H,26,27). The Labute approximate surface area is 166 Å². The Kier molecular flexibility index (Phi) is 4.87. The van der Waals surface area contributed by atoms with Crippen LogP contribution in [0.5, 0.6) is 17.4 Å². The van der Waals surface area contributed by atoms with Crippen LogP contribution in [0.3, 0.4) is 0 Å². The first-order chi connectivity index (χ1) is 14.0. The molecule has 0 bridgehead atoms. The first-order valence-corrected chi connectivity index (χ1v) is 9.11. The highest BCUT2D eigenvalue weighted by molar-refractivity contribution is 5.88. The van der Waals surface area contributed by atoms with Gasteiger partial charge in [-0.3, -0.25) is 4.98 Å². The van der Waals surface area contributed by atoms with Gasteiger partial charge in [0, 0.05) is 6.54 Å². The number of benzene rings is 1. The summed E-state index contributed by atoms with van der Waals surface area (Å²) in [6.07, 6.45) is 4.92. The molecule has 0 unspecified atom stereocenters. The molecule has 1 fully saturated rings. The number of ether oxygens (including phenoxy) is 2. The largest absolute Gasteiger partial charge is 0.493 e. The van der Waals surface area contributed by atoms with E-state index in [1.165, 1.54) is 31.6 Å². The molecular weight excluding hydrogens is 379 g/mol. The molecule has 2 aromatic heterocycles. The van der Waals surface area contributed by atoms with Crippen LogP contribution in [0.25, 0.3) is 11.5 Å². The summed E-state index contributed by atoms with van der Waals surface area (Å²) in [7, 11) is 1.41. The van der Waals surface area contributed by atoms with Crippen molar-refractivity contribution in [3.05, 3.63) is 47.8 Å². The molecule has 8 nitrogen and oxygen atoms in total. The molecule has 1 aromatic carbocycles. The summed E-state index contributed by atoms with van der Waals surface area (Å²) in [5, 5.41) is 9.60. The smallest absolute Gasteiger partial charge is 0.354 e. The van der Waals surface area contributed by atoms with Crippen LogP contribution in [0.15, 0.2) is 30.6 Å². The fraction of sp³-hybridized carbons (Fsp3) is 0.300. The van der Waals surface area contributed by atoms with Crippen molar-refractivity contribution < 1.29 is 23.8 Å². The van der Waals surface area contributed by atoms with Crippen molar-refractivity contribution in [2.24, 2.45) is 5.92 Å². The molecule has 0 amide bonds. The van der Waals surface area contributed by atoms with E-state index in [9.17, 15) is 14.3 Å². The number of carbonyl (C=O) groups is 1. The van der Waals surface area contributed by atoms with E-state index >= 15 is 0 Å². The number of para-hydroxylation sites is 1. The lowest BCUT2D eigenvalue weighted by Gasteiger charge is -2.12. The zero-order valence-electron chi connectivity index (χ0n) is 15.9. The first kappa shape index (κ1) is 18.9. The number of carboxylic acids is 1. The van der Waals surface area contributed by atoms with Crippen LogP contribution in [0.4, 0.5) is 4.39 Å². The number of rotatable bonds is 7. The minimum absolute atomic E-state index is 0.0430. The fourth-order valence-electron chi connectivity index (χ4n) is 3.13. The summed E-state index contributed by atoms with van der Waals surface area (Å²) in [6, 6.07) is 4.33. The number of aryl methyl sites for hydroxylation is 1. The van der Waals surface area contributed by atoms with Gasteiger partial charge in [0.25, 0.3) is 0 Å². The molecular formula is C20H19FN4O4. The summed E-state index contributed by atoms with van der Waals surface area (Å²) in [6.45, 7) is 2.19. The molecule has 1 saturated carbocycles. The average Bonchev–Trinajstić information content (AvgIpc) is 3.45. The van der Waals surface area contributed by atoms with Gasteiger partial charge in [-0.1, -0.05) is 6.07 Å². The lowest BCUT2D eigenvalue weighted by molar-refractivity contribution is 0.0684. The van der Waals surface area contributed by atoms with Gasteiger partial charge < -0.3 is 19.1 Å². The van der Waals surface area contributed by atoms with Gasteiger partial charge >= 0.3 is 5.97 Å². The molecule has 9 heteroatoms. The lowest BCUT2D eigenvalue weighted by Crippen LogP contribution is -2.12. The Hall–Kier alpha value is -3.49. The summed E-state index contributed by atoms with van der Waals surface area (Å²) in [5.41, 5.74) is 0.877. The van der Waals surface area contributed by atoms with Gasteiger partial charge in [0.05, 0.1) is 25.2 Å². The molecule has 1 aliphatic carbocycles. The highest BCUT2D eigenvalue weighted by Crippen LogP contribution is 2.35. The Morgan fingerprint density at radius 2 is 2.10 bits per heavy atom.